The molecule has 0 spiro atoms. The van der Waals surface area contributed by atoms with Gasteiger partial charge in [-0.2, -0.15) is 0 Å². The van der Waals surface area contributed by atoms with E-state index in [-0.39, 0.29) is 0 Å². The Morgan fingerprint density at radius 1 is 0.903 bits per heavy atom. The molecule has 31 heavy (non-hydrogen) atoms. The van der Waals surface area contributed by atoms with Crippen molar-refractivity contribution in [3.05, 3.63) is 71.1 Å². The predicted octanol–water partition coefficient (Wildman–Crippen LogP) is 5.68. The standard InChI is InChI=1S/C26H29FO4/c1-5-7-9-19-23-21(30-3)15-16-22(31-4)24(23)20(10-8-6-2)26(29,25(19)28)17-11-13-18(27)14-12-17/h9-16,29H,5-8H2,1-4H3/b19-9-,20-10-. The van der Waals surface area contributed by atoms with Crippen LogP contribution in [0.25, 0.3) is 11.1 Å². The molecule has 1 unspecified atom stereocenters. The van der Waals surface area contributed by atoms with Crippen LogP contribution in [-0.4, -0.2) is 25.1 Å². The minimum Gasteiger partial charge on any atom is -0.496 e. The van der Waals surface area contributed by atoms with Crippen molar-refractivity contribution in [3.63, 3.8) is 0 Å². The Morgan fingerprint density at radius 3 is 2.00 bits per heavy atom. The van der Waals surface area contributed by atoms with Gasteiger partial charge in [0.15, 0.2) is 5.60 Å². The smallest absolute Gasteiger partial charge is 0.204 e. The Hall–Kier alpha value is -2.92. The second-order valence-electron chi connectivity index (χ2n) is 7.58. The average molecular weight is 425 g/mol. The second-order valence-corrected chi connectivity index (χ2v) is 7.58. The number of hydrogen-bond donors (Lipinski definition) is 1. The van der Waals surface area contributed by atoms with Gasteiger partial charge in [-0.3, -0.25) is 4.79 Å². The first-order valence-corrected chi connectivity index (χ1v) is 10.6. The number of carbonyl (C=O) groups is 1. The van der Waals surface area contributed by atoms with E-state index in [0.717, 1.165) is 12.8 Å². The molecule has 0 heterocycles. The van der Waals surface area contributed by atoms with Crippen molar-refractivity contribution in [2.75, 3.05) is 14.2 Å². The lowest BCUT2D eigenvalue weighted by molar-refractivity contribution is -0.126. The molecule has 0 saturated heterocycles. The van der Waals surface area contributed by atoms with Crippen LogP contribution in [0, 0.1) is 5.82 Å². The number of carbonyl (C=O) groups excluding carboxylic acids is 1. The quantitative estimate of drug-likeness (QED) is 0.581. The van der Waals surface area contributed by atoms with Crippen molar-refractivity contribution in [2.45, 2.75) is 45.1 Å². The number of ether oxygens (including phenoxy) is 2. The van der Waals surface area contributed by atoms with E-state index in [2.05, 4.69) is 0 Å². The van der Waals surface area contributed by atoms with Crippen molar-refractivity contribution in [2.24, 2.45) is 0 Å². The Balaban J connectivity index is 2.45. The zero-order chi connectivity index (χ0) is 22.6. The molecule has 2 aromatic rings. The number of benzene rings is 2. The number of aliphatic hydroxyl groups is 1. The molecule has 0 fully saturated rings. The highest BCUT2D eigenvalue weighted by molar-refractivity contribution is 6.33. The molecule has 1 aliphatic carbocycles. The molecule has 0 saturated carbocycles. The molecule has 0 aliphatic heterocycles. The number of ketones is 1. The number of methoxy groups -OCH3 is 2. The fraction of sp³-hybridized carbons (Fsp3) is 0.346. The van der Waals surface area contributed by atoms with Gasteiger partial charge in [-0.05, 0) is 42.7 Å². The molecule has 0 radical (unpaired) electrons. The number of Topliss-reactive ketones (excluding diaryl/α,β-unsaturated/α-hetero) is 1. The van der Waals surface area contributed by atoms with Gasteiger partial charge in [0, 0.05) is 22.3 Å². The zero-order valence-corrected chi connectivity index (χ0v) is 18.5. The summed E-state index contributed by atoms with van der Waals surface area (Å²) in [5.41, 5.74) is 0.422. The highest BCUT2D eigenvalue weighted by Gasteiger charge is 2.50. The van der Waals surface area contributed by atoms with Gasteiger partial charge in [-0.1, -0.05) is 51.0 Å². The largest absolute Gasteiger partial charge is 0.496 e. The van der Waals surface area contributed by atoms with Crippen molar-refractivity contribution >= 4 is 16.9 Å². The van der Waals surface area contributed by atoms with Crippen LogP contribution in [-0.2, 0) is 10.4 Å². The van der Waals surface area contributed by atoms with Crippen LogP contribution in [0.1, 0.15) is 56.2 Å². The second kappa shape index (κ2) is 9.48. The third-order valence-electron chi connectivity index (χ3n) is 5.61. The molecule has 5 heteroatoms. The van der Waals surface area contributed by atoms with E-state index in [4.69, 9.17) is 9.47 Å². The van der Waals surface area contributed by atoms with Gasteiger partial charge in [0.25, 0.3) is 0 Å². The normalized spacial score (nSPS) is 20.8. The van der Waals surface area contributed by atoms with Crippen LogP contribution < -0.4 is 9.47 Å². The fourth-order valence-corrected chi connectivity index (χ4v) is 4.05. The summed E-state index contributed by atoms with van der Waals surface area (Å²) in [6.45, 7) is 4.04. The summed E-state index contributed by atoms with van der Waals surface area (Å²) in [4.78, 5) is 13.9. The van der Waals surface area contributed by atoms with Gasteiger partial charge in [-0.15, -0.1) is 0 Å². The van der Waals surface area contributed by atoms with Gasteiger partial charge in [0.2, 0.25) is 5.78 Å². The number of allylic oxidation sites excluding steroid dienone is 2. The summed E-state index contributed by atoms with van der Waals surface area (Å²) >= 11 is 0. The van der Waals surface area contributed by atoms with Crippen molar-refractivity contribution in [3.8, 4) is 11.5 Å². The van der Waals surface area contributed by atoms with E-state index in [1.54, 1.807) is 26.4 Å². The number of hydrogen-bond acceptors (Lipinski definition) is 4. The van der Waals surface area contributed by atoms with Gasteiger partial charge >= 0.3 is 0 Å². The van der Waals surface area contributed by atoms with Gasteiger partial charge in [-0.25, -0.2) is 4.39 Å². The lowest BCUT2D eigenvalue weighted by Gasteiger charge is -2.38. The van der Waals surface area contributed by atoms with Crippen molar-refractivity contribution < 1.29 is 23.8 Å². The third-order valence-corrected chi connectivity index (χ3v) is 5.61. The average Bonchev–Trinajstić information content (AvgIpc) is 2.79. The maximum absolute atomic E-state index is 13.9. The molecule has 0 aromatic heterocycles. The summed E-state index contributed by atoms with van der Waals surface area (Å²) in [6.07, 6.45) is 6.70. The monoisotopic (exact) mass is 424 g/mol. The summed E-state index contributed by atoms with van der Waals surface area (Å²) in [5.74, 6) is 0.189. The van der Waals surface area contributed by atoms with E-state index in [1.807, 2.05) is 26.0 Å². The van der Waals surface area contributed by atoms with E-state index < -0.39 is 17.2 Å². The predicted molar refractivity (Wildman–Crippen MR) is 121 cm³/mol. The number of halogens is 1. The van der Waals surface area contributed by atoms with Gasteiger partial charge in [0.05, 0.1) is 14.2 Å². The lowest BCUT2D eigenvalue weighted by atomic mass is 9.68. The first kappa shape index (κ1) is 22.8. The molecule has 164 valence electrons. The number of unbranched alkanes of at least 4 members (excludes halogenated alkanes) is 2. The molecular weight excluding hydrogens is 395 g/mol. The molecule has 2 aromatic carbocycles. The molecular formula is C26H29FO4. The van der Waals surface area contributed by atoms with Crippen LogP contribution >= 0.6 is 0 Å². The minimum absolute atomic E-state index is 0.319. The molecule has 1 atom stereocenters. The van der Waals surface area contributed by atoms with E-state index in [1.165, 1.54) is 24.3 Å². The Morgan fingerprint density at radius 2 is 1.45 bits per heavy atom. The van der Waals surface area contributed by atoms with Crippen molar-refractivity contribution in [1.29, 1.82) is 0 Å². The Labute approximate surface area is 183 Å². The lowest BCUT2D eigenvalue weighted by Crippen LogP contribution is -2.41. The Kier molecular flexibility index (Phi) is 6.96. The van der Waals surface area contributed by atoms with E-state index in [0.29, 0.717) is 52.2 Å². The number of fused-ring (bicyclic) bond motifs is 1. The van der Waals surface area contributed by atoms with Crippen LogP contribution in [0.2, 0.25) is 0 Å². The van der Waals surface area contributed by atoms with Crippen LogP contribution in [0.3, 0.4) is 0 Å². The summed E-state index contributed by atoms with van der Waals surface area (Å²) < 4.78 is 24.9. The summed E-state index contributed by atoms with van der Waals surface area (Å²) in [7, 11) is 3.11. The highest BCUT2D eigenvalue weighted by Crippen LogP contribution is 2.53. The van der Waals surface area contributed by atoms with E-state index >= 15 is 0 Å². The molecule has 0 bridgehead atoms. The molecule has 1 N–H and O–H groups in total. The summed E-state index contributed by atoms with van der Waals surface area (Å²) in [5, 5.41) is 12.0. The van der Waals surface area contributed by atoms with Crippen LogP contribution in [0.4, 0.5) is 4.39 Å². The van der Waals surface area contributed by atoms with Crippen LogP contribution in [0.15, 0.2) is 48.6 Å². The number of rotatable bonds is 7. The topological polar surface area (TPSA) is 55.8 Å². The van der Waals surface area contributed by atoms with Crippen molar-refractivity contribution in [1.82, 2.24) is 0 Å². The molecule has 1 aliphatic rings. The SMILES string of the molecule is CCC/C=C1\C(=O)C(O)(c2ccc(F)cc2)/C(=C\CCC)c2c(OC)ccc(OC)c21. The minimum atomic E-state index is -1.96. The summed E-state index contributed by atoms with van der Waals surface area (Å²) in [6, 6.07) is 8.97. The van der Waals surface area contributed by atoms with Gasteiger partial charge < -0.3 is 14.6 Å². The molecule has 3 rings (SSSR count). The van der Waals surface area contributed by atoms with E-state index in [9.17, 15) is 14.3 Å². The van der Waals surface area contributed by atoms with Gasteiger partial charge in [0.1, 0.15) is 17.3 Å². The van der Waals surface area contributed by atoms with Crippen LogP contribution in [0.5, 0.6) is 11.5 Å². The highest BCUT2D eigenvalue weighted by atomic mass is 19.1. The Bertz CT molecular complexity index is 1020. The maximum Gasteiger partial charge on any atom is 0.204 e. The fourth-order valence-electron chi connectivity index (χ4n) is 4.05. The molecule has 4 nitrogen and oxygen atoms in total. The first-order valence-electron chi connectivity index (χ1n) is 10.6. The maximum atomic E-state index is 13.9. The third kappa shape index (κ3) is 3.90. The first-order chi connectivity index (χ1) is 14.9. The zero-order valence-electron chi connectivity index (χ0n) is 18.5. The molecule has 0 amide bonds.